The highest BCUT2D eigenvalue weighted by Gasteiger charge is 2.59. The Morgan fingerprint density at radius 2 is 1.94 bits per heavy atom. The van der Waals surface area contributed by atoms with Crippen LogP contribution in [0.5, 0.6) is 0 Å². The fraction of sp³-hybridized carbons (Fsp3) is 0.577. The van der Waals surface area contributed by atoms with E-state index in [1.807, 2.05) is 38.1 Å². The molecule has 1 saturated heterocycles. The van der Waals surface area contributed by atoms with E-state index in [1.165, 1.54) is 16.8 Å². The van der Waals surface area contributed by atoms with Gasteiger partial charge in [0.1, 0.15) is 23.5 Å². The number of esters is 1. The predicted molar refractivity (Wildman–Crippen MR) is 130 cm³/mol. The number of para-hydroxylation sites is 1. The van der Waals surface area contributed by atoms with Gasteiger partial charge in [-0.15, -0.1) is 0 Å². The summed E-state index contributed by atoms with van der Waals surface area (Å²) in [4.78, 5) is 58.4. The molecule has 0 unspecified atom stereocenters. The Balaban J connectivity index is 1.85. The molecule has 2 aliphatic heterocycles. The number of nitrogens with one attached hydrogen (secondary N) is 1. The minimum atomic E-state index is -0.997. The normalized spacial score (nSPS) is 21.9. The number of carbonyl (C=O) groups excluding carboxylic acids is 4. The van der Waals surface area contributed by atoms with Crippen molar-refractivity contribution in [1.29, 1.82) is 0 Å². The summed E-state index contributed by atoms with van der Waals surface area (Å²) in [5.74, 6) is -1.75. The lowest BCUT2D eigenvalue weighted by atomic mass is 9.80. The Labute approximate surface area is 206 Å². The molecule has 1 aromatic rings. The number of benzene rings is 1. The van der Waals surface area contributed by atoms with E-state index in [0.717, 1.165) is 5.56 Å². The van der Waals surface area contributed by atoms with Gasteiger partial charge >= 0.3 is 12.1 Å². The average molecular weight is 483 g/mol. The Kier molecular flexibility index (Phi) is 7.25. The van der Waals surface area contributed by atoms with Gasteiger partial charge in [-0.1, -0.05) is 32.0 Å². The number of anilines is 1. The minimum absolute atomic E-state index is 0.0599. The van der Waals surface area contributed by atoms with Crippen molar-refractivity contribution in [2.75, 3.05) is 18.9 Å². The molecule has 35 heavy (non-hydrogen) atoms. The summed E-state index contributed by atoms with van der Waals surface area (Å²) in [6.07, 6.45) is -0.772. The zero-order chi connectivity index (χ0) is 26.1. The largest absolute Gasteiger partial charge is 0.460 e. The van der Waals surface area contributed by atoms with Crippen LogP contribution in [0.4, 0.5) is 5.69 Å². The van der Waals surface area contributed by atoms with Crippen LogP contribution in [0, 0.1) is 12.5 Å². The maximum absolute atomic E-state index is 13.8. The number of nitrogens with zero attached hydrogens (tertiary/aromatic N) is 3. The van der Waals surface area contributed by atoms with Gasteiger partial charge in [0, 0.05) is 19.3 Å². The highest BCUT2D eigenvalue weighted by atomic mass is 16.6. The highest BCUT2D eigenvalue weighted by Crippen LogP contribution is 2.47. The van der Waals surface area contributed by atoms with E-state index < -0.39 is 47.4 Å². The first-order chi connectivity index (χ1) is 16.3. The molecule has 0 saturated carbocycles. The molecule has 3 amide bonds. The van der Waals surface area contributed by atoms with E-state index in [-0.39, 0.29) is 24.8 Å². The van der Waals surface area contributed by atoms with Crippen molar-refractivity contribution in [3.05, 3.63) is 41.2 Å². The standard InChI is InChI=1S/C26H34N4O5/c1-16(2)12-19(29(7)21(31)13-22(32)35-25(3,4)5)23(33)30-15-26(14-20(30)27-6)17-10-8-9-11-18(17)28-24(26)34/h8-11,16,19-20H,12-15H2,1-5,7H3,(H,28,34)/t19-,20-,26-/m0/s1. The number of likely N-dealkylation sites (tertiary alicyclic amines) is 1. The van der Waals surface area contributed by atoms with Gasteiger partial charge in [-0.3, -0.25) is 28.9 Å². The lowest BCUT2D eigenvalue weighted by Crippen LogP contribution is -2.52. The van der Waals surface area contributed by atoms with E-state index in [2.05, 4.69) is 10.2 Å². The van der Waals surface area contributed by atoms with Gasteiger partial charge < -0.3 is 15.0 Å². The molecule has 2 aliphatic rings. The third kappa shape index (κ3) is 5.31. The molecule has 1 fully saturated rings. The molecule has 3 rings (SSSR count). The summed E-state index contributed by atoms with van der Waals surface area (Å²) in [7, 11) is 1.49. The summed E-state index contributed by atoms with van der Waals surface area (Å²) in [6, 6.07) is 6.45. The summed E-state index contributed by atoms with van der Waals surface area (Å²) in [5, 5.41) is 2.88. The second-order valence-electron chi connectivity index (χ2n) is 10.8. The molecule has 9 heteroatoms. The van der Waals surface area contributed by atoms with E-state index in [1.54, 1.807) is 20.8 Å². The third-order valence-corrected chi connectivity index (χ3v) is 6.44. The van der Waals surface area contributed by atoms with E-state index in [0.29, 0.717) is 12.1 Å². The summed E-state index contributed by atoms with van der Waals surface area (Å²) in [6.45, 7) is 16.8. The molecule has 3 atom stereocenters. The van der Waals surface area contributed by atoms with Crippen molar-refractivity contribution in [1.82, 2.24) is 9.80 Å². The van der Waals surface area contributed by atoms with Crippen LogP contribution < -0.4 is 5.32 Å². The van der Waals surface area contributed by atoms with Crippen molar-refractivity contribution < 1.29 is 23.9 Å². The van der Waals surface area contributed by atoms with Gasteiger partial charge in [-0.2, -0.15) is 0 Å². The first-order valence-corrected chi connectivity index (χ1v) is 11.8. The molecule has 0 radical (unpaired) electrons. The molecule has 9 nitrogen and oxygen atoms in total. The van der Waals surface area contributed by atoms with Crippen molar-refractivity contribution in [2.24, 2.45) is 5.92 Å². The summed E-state index contributed by atoms with van der Waals surface area (Å²) >= 11 is 0. The lowest BCUT2D eigenvalue weighted by molar-refractivity contribution is -0.160. The zero-order valence-electron chi connectivity index (χ0n) is 21.3. The van der Waals surface area contributed by atoms with Crippen molar-refractivity contribution in [3.63, 3.8) is 0 Å². The fourth-order valence-electron chi connectivity index (χ4n) is 4.82. The smallest absolute Gasteiger partial charge is 0.315 e. The summed E-state index contributed by atoms with van der Waals surface area (Å²) in [5.41, 5.74) is -0.251. The second-order valence-corrected chi connectivity index (χ2v) is 10.8. The molecule has 0 aromatic heterocycles. The first-order valence-electron chi connectivity index (χ1n) is 11.8. The van der Waals surface area contributed by atoms with E-state index in [4.69, 9.17) is 11.3 Å². The van der Waals surface area contributed by atoms with Crippen LogP contribution in [0.25, 0.3) is 4.85 Å². The van der Waals surface area contributed by atoms with E-state index >= 15 is 0 Å². The monoisotopic (exact) mass is 482 g/mol. The van der Waals surface area contributed by atoms with E-state index in [9.17, 15) is 19.2 Å². The zero-order valence-corrected chi connectivity index (χ0v) is 21.3. The van der Waals surface area contributed by atoms with Gasteiger partial charge in [-0.05, 0) is 44.7 Å². The van der Waals surface area contributed by atoms with Gasteiger partial charge in [0.05, 0.1) is 6.42 Å². The Morgan fingerprint density at radius 3 is 2.54 bits per heavy atom. The van der Waals surface area contributed by atoms with Crippen LogP contribution in [0.15, 0.2) is 24.3 Å². The van der Waals surface area contributed by atoms with Crippen LogP contribution in [0.3, 0.4) is 0 Å². The number of hydrogen-bond donors (Lipinski definition) is 1. The average Bonchev–Trinajstić information content (AvgIpc) is 3.28. The molecule has 0 bridgehead atoms. The first kappa shape index (κ1) is 26.2. The number of fused-ring (bicyclic) bond motifs is 2. The third-order valence-electron chi connectivity index (χ3n) is 6.44. The van der Waals surface area contributed by atoms with Gasteiger partial charge in [0.15, 0.2) is 0 Å². The number of carbonyl (C=O) groups is 4. The molecule has 1 spiro atoms. The number of rotatable bonds is 6. The maximum Gasteiger partial charge on any atom is 0.315 e. The quantitative estimate of drug-likeness (QED) is 0.382. The number of likely N-dealkylation sites (N-methyl/N-ethyl adjacent to an activating group) is 1. The van der Waals surface area contributed by atoms with Crippen LogP contribution in [0.2, 0.25) is 0 Å². The van der Waals surface area contributed by atoms with Crippen molar-refractivity contribution in [2.45, 2.75) is 77.1 Å². The second kappa shape index (κ2) is 9.68. The van der Waals surface area contributed by atoms with Crippen LogP contribution in [-0.2, 0) is 29.3 Å². The number of ether oxygens (including phenoxy) is 1. The molecular weight excluding hydrogens is 448 g/mol. The van der Waals surface area contributed by atoms with Gasteiger partial charge in [0.25, 0.3) is 5.91 Å². The molecule has 1 N–H and O–H groups in total. The minimum Gasteiger partial charge on any atom is -0.460 e. The molecule has 1 aromatic carbocycles. The number of hydrogen-bond acceptors (Lipinski definition) is 5. The van der Waals surface area contributed by atoms with Gasteiger partial charge in [0.2, 0.25) is 11.8 Å². The SMILES string of the molecule is [C-]#[N+][C@@H]1C[C@@]2(CN1C(=O)[C@H](CC(C)C)N(C)C(=O)CC(=O)OC(C)(C)C)C(=O)Nc1ccccc12. The van der Waals surface area contributed by atoms with Crippen LogP contribution in [0.1, 0.15) is 59.4 Å². The molecule has 188 valence electrons. The maximum atomic E-state index is 13.8. The van der Waals surface area contributed by atoms with Crippen molar-refractivity contribution >= 4 is 29.4 Å². The predicted octanol–water partition coefficient (Wildman–Crippen LogP) is 2.96. The van der Waals surface area contributed by atoms with Crippen molar-refractivity contribution in [3.8, 4) is 0 Å². The van der Waals surface area contributed by atoms with Crippen LogP contribution >= 0.6 is 0 Å². The molecule has 0 aliphatic carbocycles. The summed E-state index contributed by atoms with van der Waals surface area (Å²) < 4.78 is 5.26. The fourth-order valence-corrected chi connectivity index (χ4v) is 4.82. The van der Waals surface area contributed by atoms with Crippen LogP contribution in [-0.4, -0.2) is 64.9 Å². The topological polar surface area (TPSA) is 100 Å². The Hall–Kier alpha value is -3.41. The Bertz CT molecular complexity index is 1070. The van der Waals surface area contributed by atoms with Gasteiger partial charge in [-0.25, -0.2) is 6.57 Å². The molecule has 2 heterocycles. The lowest BCUT2D eigenvalue weighted by Gasteiger charge is -2.32. The Morgan fingerprint density at radius 1 is 1.29 bits per heavy atom. The highest BCUT2D eigenvalue weighted by molar-refractivity contribution is 6.07. The number of amides is 3. The molecular formula is C26H34N4O5.